The quantitative estimate of drug-likeness (QED) is 0.288. The zero-order valence-electron chi connectivity index (χ0n) is 12.0. The number of ketones is 2. The number of unbranched alkanes of at least 4 members (excludes halogenated alkanes) is 7. The Kier molecular flexibility index (Phi) is 11.9. The van der Waals surface area contributed by atoms with Crippen LogP contribution in [0.4, 0.5) is 0 Å². The maximum atomic E-state index is 11.5. The number of Topliss-reactive ketones (excluding diaryl/α,β-unsaturated/α-hetero) is 1. The van der Waals surface area contributed by atoms with Crippen molar-refractivity contribution < 1.29 is 9.59 Å². The number of carbonyl (C=O) groups excluding carboxylic acids is 2. The van der Waals surface area contributed by atoms with Crippen LogP contribution in [0, 0.1) is 0 Å². The Morgan fingerprint density at radius 2 is 1.44 bits per heavy atom. The first-order chi connectivity index (χ1) is 8.72. The number of allylic oxidation sites excluding steroid dienone is 2. The summed E-state index contributed by atoms with van der Waals surface area (Å²) in [4.78, 5) is 22.9. The van der Waals surface area contributed by atoms with E-state index in [9.17, 15) is 9.59 Å². The first-order valence-electron chi connectivity index (χ1n) is 7.46. The summed E-state index contributed by atoms with van der Waals surface area (Å²) in [6, 6.07) is 0. The summed E-state index contributed by atoms with van der Waals surface area (Å²) < 4.78 is 0. The summed E-state index contributed by atoms with van der Waals surface area (Å²) in [5.74, 6) is -0.551. The van der Waals surface area contributed by atoms with E-state index in [1.807, 2.05) is 0 Å². The largest absolute Gasteiger partial charge is 0.291 e. The molecule has 0 aromatic carbocycles. The molecule has 0 saturated carbocycles. The summed E-state index contributed by atoms with van der Waals surface area (Å²) in [7, 11) is 0. The maximum Gasteiger partial charge on any atom is 0.221 e. The number of carbonyl (C=O) groups is 2. The fraction of sp³-hybridized carbons (Fsp3) is 0.750. The van der Waals surface area contributed by atoms with Gasteiger partial charge in [-0.3, -0.25) is 9.59 Å². The van der Waals surface area contributed by atoms with Crippen LogP contribution in [-0.4, -0.2) is 11.6 Å². The molecule has 0 amide bonds. The van der Waals surface area contributed by atoms with Gasteiger partial charge in [-0.25, -0.2) is 0 Å². The summed E-state index contributed by atoms with van der Waals surface area (Å²) in [5, 5.41) is 0. The van der Waals surface area contributed by atoms with Gasteiger partial charge in [-0.15, -0.1) is 0 Å². The van der Waals surface area contributed by atoms with Crippen LogP contribution >= 0.6 is 0 Å². The minimum atomic E-state index is -0.325. The molecule has 0 radical (unpaired) electrons. The molecular weight excluding hydrogens is 224 g/mol. The van der Waals surface area contributed by atoms with E-state index < -0.39 is 0 Å². The molecule has 2 nitrogen and oxygen atoms in total. The monoisotopic (exact) mass is 252 g/mol. The maximum absolute atomic E-state index is 11.5. The molecule has 0 saturated heterocycles. The van der Waals surface area contributed by atoms with Gasteiger partial charge in [-0.05, 0) is 18.9 Å². The lowest BCUT2D eigenvalue weighted by molar-refractivity contribution is -0.133. The molecule has 0 fully saturated rings. The van der Waals surface area contributed by atoms with E-state index in [4.69, 9.17) is 0 Å². The lowest BCUT2D eigenvalue weighted by atomic mass is 10.1. The molecule has 0 aromatic rings. The van der Waals surface area contributed by atoms with Crippen molar-refractivity contribution in [2.24, 2.45) is 0 Å². The van der Waals surface area contributed by atoms with Gasteiger partial charge in [0.25, 0.3) is 0 Å². The van der Waals surface area contributed by atoms with Crippen LogP contribution in [-0.2, 0) is 9.59 Å². The third-order valence-corrected chi connectivity index (χ3v) is 3.01. The molecule has 0 bridgehead atoms. The van der Waals surface area contributed by atoms with Crippen LogP contribution in [0.25, 0.3) is 0 Å². The Morgan fingerprint density at radius 1 is 0.833 bits per heavy atom. The van der Waals surface area contributed by atoms with Crippen molar-refractivity contribution in [3.8, 4) is 0 Å². The van der Waals surface area contributed by atoms with Crippen molar-refractivity contribution in [1.82, 2.24) is 0 Å². The van der Waals surface area contributed by atoms with Crippen molar-refractivity contribution in [3.63, 3.8) is 0 Å². The normalized spacial score (nSPS) is 11.0. The van der Waals surface area contributed by atoms with Crippen LogP contribution in [0.3, 0.4) is 0 Å². The van der Waals surface area contributed by atoms with Gasteiger partial charge in [-0.1, -0.05) is 64.9 Å². The molecule has 0 spiro atoms. The van der Waals surface area contributed by atoms with Crippen molar-refractivity contribution in [1.29, 1.82) is 0 Å². The van der Waals surface area contributed by atoms with E-state index >= 15 is 0 Å². The third-order valence-electron chi connectivity index (χ3n) is 3.01. The van der Waals surface area contributed by atoms with Crippen LogP contribution in [0.5, 0.6) is 0 Å². The summed E-state index contributed by atoms with van der Waals surface area (Å²) in [5.41, 5.74) is 0. The Balaban J connectivity index is 3.49. The van der Waals surface area contributed by atoms with Gasteiger partial charge >= 0.3 is 0 Å². The molecule has 0 atom stereocenters. The van der Waals surface area contributed by atoms with Crippen LogP contribution in [0.2, 0.25) is 0 Å². The summed E-state index contributed by atoms with van der Waals surface area (Å²) in [6.07, 6.45) is 13.8. The average molecular weight is 252 g/mol. The van der Waals surface area contributed by atoms with E-state index in [2.05, 4.69) is 13.8 Å². The zero-order chi connectivity index (χ0) is 13.6. The molecule has 18 heavy (non-hydrogen) atoms. The second-order valence-electron chi connectivity index (χ2n) is 4.85. The van der Waals surface area contributed by atoms with Crippen molar-refractivity contribution in [2.45, 2.75) is 78.1 Å². The number of hydrogen-bond donors (Lipinski definition) is 0. The standard InChI is InChI=1S/C16H28O2/c1-3-5-7-8-9-10-12-14-16(18)15(17)13-11-6-4-2/h11,13H,3-10,12,14H2,1-2H3/b13-11+. The van der Waals surface area contributed by atoms with Gasteiger partial charge < -0.3 is 0 Å². The Labute approximate surface area is 112 Å². The van der Waals surface area contributed by atoms with Crippen LogP contribution in [0.15, 0.2) is 12.2 Å². The van der Waals surface area contributed by atoms with Gasteiger partial charge in [0.05, 0.1) is 0 Å². The molecule has 0 aliphatic heterocycles. The lowest BCUT2D eigenvalue weighted by Crippen LogP contribution is -2.10. The predicted molar refractivity (Wildman–Crippen MR) is 76.7 cm³/mol. The zero-order valence-corrected chi connectivity index (χ0v) is 12.0. The summed E-state index contributed by atoms with van der Waals surface area (Å²) >= 11 is 0. The summed E-state index contributed by atoms with van der Waals surface area (Å²) in [6.45, 7) is 4.26. The Hall–Kier alpha value is -0.920. The van der Waals surface area contributed by atoms with Crippen LogP contribution in [0.1, 0.15) is 78.1 Å². The van der Waals surface area contributed by atoms with Crippen molar-refractivity contribution in [3.05, 3.63) is 12.2 Å². The highest BCUT2D eigenvalue weighted by atomic mass is 16.2. The highest BCUT2D eigenvalue weighted by molar-refractivity contribution is 6.41. The smallest absolute Gasteiger partial charge is 0.221 e. The fourth-order valence-corrected chi connectivity index (χ4v) is 1.82. The van der Waals surface area contributed by atoms with Crippen LogP contribution < -0.4 is 0 Å². The average Bonchev–Trinajstić information content (AvgIpc) is 2.37. The molecule has 0 rings (SSSR count). The molecule has 0 heterocycles. The molecule has 0 aliphatic carbocycles. The van der Waals surface area contributed by atoms with E-state index in [1.54, 1.807) is 6.08 Å². The Bertz CT molecular complexity index is 254. The van der Waals surface area contributed by atoms with Gasteiger partial charge in [0.15, 0.2) is 0 Å². The predicted octanol–water partition coefficient (Wildman–Crippen LogP) is 4.62. The van der Waals surface area contributed by atoms with E-state index in [0.29, 0.717) is 6.42 Å². The van der Waals surface area contributed by atoms with Gasteiger partial charge in [0, 0.05) is 6.42 Å². The number of rotatable bonds is 12. The fourth-order valence-electron chi connectivity index (χ4n) is 1.82. The van der Waals surface area contributed by atoms with Gasteiger partial charge in [0.1, 0.15) is 0 Å². The highest BCUT2D eigenvalue weighted by Gasteiger charge is 2.08. The lowest BCUT2D eigenvalue weighted by Gasteiger charge is -2.00. The molecule has 0 unspecified atom stereocenters. The minimum Gasteiger partial charge on any atom is -0.291 e. The second-order valence-corrected chi connectivity index (χ2v) is 4.85. The SMILES string of the molecule is CCC/C=C/C(=O)C(=O)CCCCCCCCC. The molecule has 0 aromatic heterocycles. The Morgan fingerprint density at radius 3 is 2.06 bits per heavy atom. The molecule has 104 valence electrons. The molecule has 0 aliphatic rings. The number of hydrogen-bond acceptors (Lipinski definition) is 2. The third kappa shape index (κ3) is 10.2. The topological polar surface area (TPSA) is 34.1 Å². The first kappa shape index (κ1) is 17.1. The van der Waals surface area contributed by atoms with Gasteiger partial charge in [0.2, 0.25) is 11.6 Å². The highest BCUT2D eigenvalue weighted by Crippen LogP contribution is 2.08. The molecule has 2 heteroatoms. The minimum absolute atomic E-state index is 0.226. The molecule has 0 N–H and O–H groups in total. The van der Waals surface area contributed by atoms with Crippen molar-refractivity contribution >= 4 is 11.6 Å². The van der Waals surface area contributed by atoms with E-state index in [1.165, 1.54) is 38.2 Å². The van der Waals surface area contributed by atoms with E-state index in [-0.39, 0.29) is 11.6 Å². The van der Waals surface area contributed by atoms with Crippen molar-refractivity contribution in [2.75, 3.05) is 0 Å². The molecular formula is C16H28O2. The second kappa shape index (κ2) is 12.5. The van der Waals surface area contributed by atoms with E-state index in [0.717, 1.165) is 25.7 Å². The van der Waals surface area contributed by atoms with Gasteiger partial charge in [-0.2, -0.15) is 0 Å². The first-order valence-corrected chi connectivity index (χ1v) is 7.46.